The van der Waals surface area contributed by atoms with Crippen molar-refractivity contribution < 1.29 is 35.9 Å². The minimum absolute atomic E-state index is 0.0106. The summed E-state index contributed by atoms with van der Waals surface area (Å²) in [6.07, 6.45) is -2.76. The van der Waals surface area contributed by atoms with Gasteiger partial charge in [0.25, 0.3) is 0 Å². The molecular weight excluding hydrogens is 473 g/mol. The molecule has 1 aliphatic carbocycles. The minimum Gasteiger partial charge on any atom is -0.465 e. The van der Waals surface area contributed by atoms with Crippen LogP contribution in [0.4, 0.5) is 13.2 Å². The summed E-state index contributed by atoms with van der Waals surface area (Å²) < 4.78 is 71.1. The maximum Gasteiger partial charge on any atom is 0.417 e. The van der Waals surface area contributed by atoms with Gasteiger partial charge in [-0.25, -0.2) is 8.42 Å². The van der Waals surface area contributed by atoms with E-state index in [2.05, 4.69) is 0 Å². The van der Waals surface area contributed by atoms with Gasteiger partial charge in [0, 0.05) is 25.0 Å². The van der Waals surface area contributed by atoms with E-state index in [0.717, 1.165) is 29.3 Å². The zero-order valence-corrected chi connectivity index (χ0v) is 19.0. The van der Waals surface area contributed by atoms with Crippen LogP contribution in [0.2, 0.25) is 5.02 Å². The summed E-state index contributed by atoms with van der Waals surface area (Å²) in [5.74, 6) is -1.17. The number of sulfonamides is 1. The molecule has 0 aromatic heterocycles. The number of rotatable bonds is 7. The summed E-state index contributed by atoms with van der Waals surface area (Å²) >= 11 is 5.58. The van der Waals surface area contributed by atoms with E-state index >= 15 is 0 Å². The second-order valence-electron chi connectivity index (χ2n) is 7.82. The third kappa shape index (κ3) is 5.55. The second-order valence-corrected chi connectivity index (χ2v) is 10.2. The van der Waals surface area contributed by atoms with Crippen LogP contribution in [0.3, 0.4) is 0 Å². The topological polar surface area (TPSA) is 84.0 Å². The van der Waals surface area contributed by atoms with Gasteiger partial charge in [0.1, 0.15) is 6.54 Å². The van der Waals surface area contributed by atoms with Gasteiger partial charge in [-0.1, -0.05) is 11.6 Å². The standard InChI is InChI=1S/C20H24ClF3N2O5S/c1-2-31-18(27)12-26(14-3-4-14)19(28)13-7-9-25(10-8-13)32(29,30)15-5-6-17(21)16(11-15)20(22,23)24/h5-6,11,13-14H,2-4,7-10,12H2,1H3. The molecule has 12 heteroatoms. The van der Waals surface area contributed by atoms with Crippen molar-refractivity contribution in [3.05, 3.63) is 28.8 Å². The molecular formula is C20H24ClF3N2O5S. The number of carbonyl (C=O) groups excluding carboxylic acids is 2. The molecule has 178 valence electrons. The van der Waals surface area contributed by atoms with Crippen molar-refractivity contribution in [2.24, 2.45) is 5.92 Å². The summed E-state index contributed by atoms with van der Waals surface area (Å²) in [6, 6.07) is 2.47. The fraction of sp³-hybridized carbons (Fsp3) is 0.600. The third-order valence-electron chi connectivity index (χ3n) is 5.56. The maximum atomic E-state index is 13.1. The van der Waals surface area contributed by atoms with Crippen molar-refractivity contribution in [1.82, 2.24) is 9.21 Å². The van der Waals surface area contributed by atoms with Gasteiger partial charge in [-0.15, -0.1) is 0 Å². The monoisotopic (exact) mass is 496 g/mol. The maximum absolute atomic E-state index is 13.1. The number of hydrogen-bond donors (Lipinski definition) is 0. The van der Waals surface area contributed by atoms with Gasteiger partial charge in [-0.3, -0.25) is 9.59 Å². The summed E-state index contributed by atoms with van der Waals surface area (Å²) in [7, 11) is -4.19. The average Bonchev–Trinajstić information content (AvgIpc) is 3.56. The Kier molecular flexibility index (Phi) is 7.41. The van der Waals surface area contributed by atoms with Crippen LogP contribution in [0.25, 0.3) is 0 Å². The smallest absolute Gasteiger partial charge is 0.417 e. The second kappa shape index (κ2) is 9.56. The minimum atomic E-state index is -4.78. The number of amides is 1. The summed E-state index contributed by atoms with van der Waals surface area (Å²) in [4.78, 5) is 25.8. The molecule has 1 aromatic rings. The highest BCUT2D eigenvalue weighted by Crippen LogP contribution is 2.37. The highest BCUT2D eigenvalue weighted by atomic mass is 35.5. The Morgan fingerprint density at radius 2 is 1.81 bits per heavy atom. The summed E-state index contributed by atoms with van der Waals surface area (Å²) in [6.45, 7) is 1.72. The molecule has 2 fully saturated rings. The largest absolute Gasteiger partial charge is 0.465 e. The normalized spacial score (nSPS) is 18.4. The van der Waals surface area contributed by atoms with Crippen LogP contribution >= 0.6 is 11.6 Å². The fourth-order valence-corrected chi connectivity index (χ4v) is 5.45. The highest BCUT2D eigenvalue weighted by molar-refractivity contribution is 7.89. The van der Waals surface area contributed by atoms with Crippen molar-refractivity contribution in [2.75, 3.05) is 26.2 Å². The molecule has 1 saturated heterocycles. The van der Waals surface area contributed by atoms with Crippen molar-refractivity contribution in [3.63, 3.8) is 0 Å². The van der Waals surface area contributed by atoms with Crippen LogP contribution in [-0.4, -0.2) is 61.8 Å². The fourth-order valence-electron chi connectivity index (χ4n) is 3.73. The Labute approximate surface area is 189 Å². The molecule has 0 spiro atoms. The van der Waals surface area contributed by atoms with Crippen molar-refractivity contribution in [2.45, 2.75) is 49.7 Å². The zero-order chi connectivity index (χ0) is 23.7. The molecule has 1 heterocycles. The van der Waals surface area contributed by atoms with Gasteiger partial charge in [0.2, 0.25) is 15.9 Å². The number of hydrogen-bond acceptors (Lipinski definition) is 5. The van der Waals surface area contributed by atoms with E-state index in [9.17, 15) is 31.2 Å². The quantitative estimate of drug-likeness (QED) is 0.541. The molecule has 1 aliphatic heterocycles. The number of halogens is 4. The van der Waals surface area contributed by atoms with Crippen molar-refractivity contribution in [1.29, 1.82) is 0 Å². The average molecular weight is 497 g/mol. The van der Waals surface area contributed by atoms with Gasteiger partial charge in [-0.05, 0) is 50.8 Å². The lowest BCUT2D eigenvalue weighted by atomic mass is 9.96. The number of ether oxygens (including phenoxy) is 1. The highest BCUT2D eigenvalue weighted by Gasteiger charge is 2.40. The number of benzene rings is 1. The van der Waals surface area contributed by atoms with Crippen LogP contribution in [-0.2, 0) is 30.5 Å². The van der Waals surface area contributed by atoms with E-state index in [4.69, 9.17) is 16.3 Å². The van der Waals surface area contributed by atoms with Crippen LogP contribution in [0, 0.1) is 5.92 Å². The molecule has 1 amide bonds. The van der Waals surface area contributed by atoms with Crippen molar-refractivity contribution >= 4 is 33.5 Å². The van der Waals surface area contributed by atoms with Crippen LogP contribution in [0.1, 0.15) is 38.2 Å². The number of alkyl halides is 3. The van der Waals surface area contributed by atoms with Gasteiger partial charge in [0.05, 0.1) is 22.1 Å². The predicted octanol–water partition coefficient (Wildman–Crippen LogP) is 3.31. The van der Waals surface area contributed by atoms with Crippen LogP contribution < -0.4 is 0 Å². The molecule has 0 atom stereocenters. The van der Waals surface area contributed by atoms with E-state index in [1.165, 1.54) is 4.90 Å². The Balaban J connectivity index is 1.68. The van der Waals surface area contributed by atoms with E-state index in [1.807, 2.05) is 0 Å². The Hall–Kier alpha value is -1.85. The molecule has 32 heavy (non-hydrogen) atoms. The first-order chi connectivity index (χ1) is 14.9. The lowest BCUT2D eigenvalue weighted by molar-refractivity contribution is -0.151. The molecule has 2 aliphatic rings. The molecule has 1 aromatic carbocycles. The first kappa shape index (κ1) is 24.8. The van der Waals surface area contributed by atoms with Gasteiger partial charge in [-0.2, -0.15) is 17.5 Å². The first-order valence-corrected chi connectivity index (χ1v) is 12.1. The molecule has 0 bridgehead atoms. The number of piperidine rings is 1. The SMILES string of the molecule is CCOC(=O)CN(C(=O)C1CCN(S(=O)(=O)c2ccc(Cl)c(C(F)(F)F)c2)CC1)C1CC1. The molecule has 7 nitrogen and oxygen atoms in total. The Bertz CT molecular complexity index is 974. The van der Waals surface area contributed by atoms with Gasteiger partial charge < -0.3 is 9.64 Å². The molecule has 0 unspecified atom stereocenters. The lowest BCUT2D eigenvalue weighted by Gasteiger charge is -2.33. The lowest BCUT2D eigenvalue weighted by Crippen LogP contribution is -2.46. The van der Waals surface area contributed by atoms with Crippen molar-refractivity contribution in [3.8, 4) is 0 Å². The number of nitrogens with zero attached hydrogens (tertiary/aromatic N) is 2. The number of carbonyl (C=O) groups is 2. The van der Waals surface area contributed by atoms with E-state index in [0.29, 0.717) is 6.07 Å². The zero-order valence-electron chi connectivity index (χ0n) is 17.4. The summed E-state index contributed by atoms with van der Waals surface area (Å²) in [5, 5.41) is -0.581. The molecule has 1 saturated carbocycles. The first-order valence-electron chi connectivity index (χ1n) is 10.3. The molecule has 0 radical (unpaired) electrons. The van der Waals surface area contributed by atoms with Gasteiger partial charge in [0.15, 0.2) is 0 Å². The van der Waals surface area contributed by atoms with Crippen LogP contribution in [0.15, 0.2) is 23.1 Å². The molecule has 3 rings (SSSR count). The Morgan fingerprint density at radius 1 is 1.19 bits per heavy atom. The molecule has 0 N–H and O–H groups in total. The van der Waals surface area contributed by atoms with E-state index in [1.54, 1.807) is 6.92 Å². The van der Waals surface area contributed by atoms with E-state index in [-0.39, 0.29) is 51.0 Å². The summed E-state index contributed by atoms with van der Waals surface area (Å²) in [5.41, 5.74) is -1.22. The van der Waals surface area contributed by atoms with E-state index < -0.39 is 43.6 Å². The number of esters is 1. The third-order valence-corrected chi connectivity index (χ3v) is 7.78. The van der Waals surface area contributed by atoms with Gasteiger partial charge >= 0.3 is 12.1 Å². The Morgan fingerprint density at radius 3 is 2.34 bits per heavy atom. The predicted molar refractivity (Wildman–Crippen MR) is 109 cm³/mol. The van der Waals surface area contributed by atoms with Crippen LogP contribution in [0.5, 0.6) is 0 Å².